The van der Waals surface area contributed by atoms with Crippen LogP contribution in [0.15, 0.2) is 30.3 Å². The predicted molar refractivity (Wildman–Crippen MR) is 63.9 cm³/mol. The number of hydrogen-bond donors (Lipinski definition) is 1. The Kier molecular flexibility index (Phi) is 4.99. The van der Waals surface area contributed by atoms with Crippen LogP contribution in [0.3, 0.4) is 0 Å². The molecule has 1 amide bonds. The second kappa shape index (κ2) is 6.28. The van der Waals surface area contributed by atoms with Crippen LogP contribution in [-0.2, 0) is 4.79 Å². The molecule has 0 saturated carbocycles. The summed E-state index contributed by atoms with van der Waals surface area (Å²) in [6.45, 7) is 2.77. The molecule has 3 nitrogen and oxygen atoms in total. The van der Waals surface area contributed by atoms with Gasteiger partial charge in [0, 0.05) is 13.6 Å². The Hall–Kier alpha value is -1.35. The highest BCUT2D eigenvalue weighted by Crippen LogP contribution is 2.14. The van der Waals surface area contributed by atoms with Gasteiger partial charge >= 0.3 is 0 Å². The van der Waals surface area contributed by atoms with Gasteiger partial charge in [-0.3, -0.25) is 4.79 Å². The van der Waals surface area contributed by atoms with Gasteiger partial charge in [-0.1, -0.05) is 43.7 Å². The minimum Gasteiger partial charge on any atom is -0.378 e. The number of amides is 1. The van der Waals surface area contributed by atoms with Crippen molar-refractivity contribution >= 4 is 5.91 Å². The number of nitrogens with zero attached hydrogens (tertiary/aromatic N) is 1. The first-order valence-electron chi connectivity index (χ1n) is 5.64. The molecule has 0 fully saturated rings. The van der Waals surface area contributed by atoms with Crippen molar-refractivity contribution in [2.45, 2.75) is 25.9 Å². The van der Waals surface area contributed by atoms with Crippen LogP contribution < -0.4 is 0 Å². The molecule has 3 heteroatoms. The van der Waals surface area contributed by atoms with E-state index in [2.05, 4.69) is 6.92 Å². The number of hydrogen-bond acceptors (Lipinski definition) is 2. The van der Waals surface area contributed by atoms with Gasteiger partial charge in [0.2, 0.25) is 0 Å². The van der Waals surface area contributed by atoms with Crippen LogP contribution in [0.1, 0.15) is 31.4 Å². The molecular formula is C13H19NO2. The Bertz CT molecular complexity index is 324. The van der Waals surface area contributed by atoms with Crippen molar-refractivity contribution in [3.63, 3.8) is 0 Å². The van der Waals surface area contributed by atoms with Crippen LogP contribution in [0.5, 0.6) is 0 Å². The topological polar surface area (TPSA) is 40.5 Å². The highest BCUT2D eigenvalue weighted by molar-refractivity contribution is 5.81. The van der Waals surface area contributed by atoms with Gasteiger partial charge in [-0.05, 0) is 12.0 Å². The van der Waals surface area contributed by atoms with Gasteiger partial charge in [-0.15, -0.1) is 0 Å². The van der Waals surface area contributed by atoms with Crippen molar-refractivity contribution in [3.8, 4) is 0 Å². The van der Waals surface area contributed by atoms with Gasteiger partial charge in [0.25, 0.3) is 5.91 Å². The minimum atomic E-state index is -1.04. The summed E-state index contributed by atoms with van der Waals surface area (Å²) in [7, 11) is 1.73. The molecule has 0 radical (unpaired) electrons. The maximum absolute atomic E-state index is 11.8. The van der Waals surface area contributed by atoms with Crippen LogP contribution in [0.4, 0.5) is 0 Å². The molecule has 0 saturated heterocycles. The quantitative estimate of drug-likeness (QED) is 0.826. The summed E-state index contributed by atoms with van der Waals surface area (Å²) in [5.74, 6) is -0.236. The number of carbonyl (C=O) groups is 1. The Labute approximate surface area is 96.7 Å². The van der Waals surface area contributed by atoms with Crippen molar-refractivity contribution in [2.75, 3.05) is 13.6 Å². The first kappa shape index (κ1) is 12.7. The van der Waals surface area contributed by atoms with E-state index in [0.29, 0.717) is 12.1 Å². The van der Waals surface area contributed by atoms with E-state index < -0.39 is 6.10 Å². The van der Waals surface area contributed by atoms with Gasteiger partial charge in [0.05, 0.1) is 0 Å². The van der Waals surface area contributed by atoms with Crippen molar-refractivity contribution in [2.24, 2.45) is 0 Å². The molecule has 88 valence electrons. The SMILES string of the molecule is CCCCN(C)C(=O)C(O)c1ccccc1. The zero-order valence-electron chi connectivity index (χ0n) is 9.89. The van der Waals surface area contributed by atoms with E-state index in [9.17, 15) is 9.90 Å². The van der Waals surface area contributed by atoms with Crippen molar-refractivity contribution in [3.05, 3.63) is 35.9 Å². The molecule has 16 heavy (non-hydrogen) atoms. The van der Waals surface area contributed by atoms with Gasteiger partial charge in [-0.2, -0.15) is 0 Å². The molecule has 1 atom stereocenters. The number of benzene rings is 1. The molecule has 1 aromatic carbocycles. The summed E-state index contributed by atoms with van der Waals surface area (Å²) < 4.78 is 0. The second-order valence-corrected chi connectivity index (χ2v) is 3.93. The lowest BCUT2D eigenvalue weighted by Gasteiger charge is -2.20. The van der Waals surface area contributed by atoms with Crippen LogP contribution in [0.25, 0.3) is 0 Å². The molecule has 1 aromatic rings. The van der Waals surface area contributed by atoms with Crippen molar-refractivity contribution < 1.29 is 9.90 Å². The van der Waals surface area contributed by atoms with Crippen LogP contribution in [0.2, 0.25) is 0 Å². The normalized spacial score (nSPS) is 12.2. The highest BCUT2D eigenvalue weighted by atomic mass is 16.3. The number of aliphatic hydroxyl groups is 1. The van der Waals surface area contributed by atoms with Gasteiger partial charge in [0.1, 0.15) is 0 Å². The summed E-state index contributed by atoms with van der Waals surface area (Å²) in [5.41, 5.74) is 0.649. The fraction of sp³-hybridized carbons (Fsp3) is 0.462. The Balaban J connectivity index is 2.60. The van der Waals surface area contributed by atoms with Gasteiger partial charge < -0.3 is 10.0 Å². The van der Waals surface area contributed by atoms with Gasteiger partial charge in [-0.25, -0.2) is 0 Å². The molecule has 1 rings (SSSR count). The molecule has 0 heterocycles. The van der Waals surface area contributed by atoms with E-state index in [4.69, 9.17) is 0 Å². The van der Waals surface area contributed by atoms with Crippen LogP contribution >= 0.6 is 0 Å². The van der Waals surface area contributed by atoms with E-state index in [0.717, 1.165) is 12.8 Å². The second-order valence-electron chi connectivity index (χ2n) is 3.93. The smallest absolute Gasteiger partial charge is 0.255 e. The summed E-state index contributed by atoms with van der Waals surface area (Å²) in [5, 5.41) is 9.87. The predicted octanol–water partition coefficient (Wildman–Crippen LogP) is 1.98. The molecule has 0 aliphatic rings. The third-order valence-electron chi connectivity index (χ3n) is 2.57. The third kappa shape index (κ3) is 3.35. The lowest BCUT2D eigenvalue weighted by Crippen LogP contribution is -2.32. The van der Waals surface area contributed by atoms with Gasteiger partial charge in [0.15, 0.2) is 6.10 Å². The summed E-state index contributed by atoms with van der Waals surface area (Å²) in [6, 6.07) is 9.02. The molecule has 0 aromatic heterocycles. The summed E-state index contributed by atoms with van der Waals surface area (Å²) in [6.07, 6.45) is 0.964. The minimum absolute atomic E-state index is 0.236. The molecular weight excluding hydrogens is 202 g/mol. The number of likely N-dealkylation sites (N-methyl/N-ethyl adjacent to an activating group) is 1. The molecule has 0 bridgehead atoms. The van der Waals surface area contributed by atoms with Crippen LogP contribution in [-0.4, -0.2) is 29.5 Å². The average molecular weight is 221 g/mol. The third-order valence-corrected chi connectivity index (χ3v) is 2.57. The number of carbonyl (C=O) groups excluding carboxylic acids is 1. The maximum atomic E-state index is 11.8. The molecule has 1 N–H and O–H groups in total. The average Bonchev–Trinajstić information content (AvgIpc) is 2.35. The lowest BCUT2D eigenvalue weighted by molar-refractivity contribution is -0.139. The van der Waals surface area contributed by atoms with Crippen molar-refractivity contribution in [1.29, 1.82) is 0 Å². The first-order chi connectivity index (χ1) is 7.66. The number of aliphatic hydroxyl groups excluding tert-OH is 1. The fourth-order valence-corrected chi connectivity index (χ4v) is 1.49. The lowest BCUT2D eigenvalue weighted by atomic mass is 10.1. The Morgan fingerprint density at radius 1 is 1.38 bits per heavy atom. The zero-order valence-corrected chi connectivity index (χ0v) is 9.89. The Morgan fingerprint density at radius 3 is 2.56 bits per heavy atom. The maximum Gasteiger partial charge on any atom is 0.255 e. The van der Waals surface area contributed by atoms with Crippen molar-refractivity contribution in [1.82, 2.24) is 4.90 Å². The monoisotopic (exact) mass is 221 g/mol. The van der Waals surface area contributed by atoms with E-state index in [1.165, 1.54) is 0 Å². The standard InChI is InChI=1S/C13H19NO2/c1-3-4-10-14(2)13(16)12(15)11-8-6-5-7-9-11/h5-9,12,15H,3-4,10H2,1-2H3. The first-order valence-corrected chi connectivity index (χ1v) is 5.64. The molecule has 0 aliphatic heterocycles. The number of unbranched alkanes of at least 4 members (excludes halogenated alkanes) is 1. The Morgan fingerprint density at radius 2 is 2.00 bits per heavy atom. The van der Waals surface area contributed by atoms with E-state index in [1.54, 1.807) is 24.1 Å². The molecule has 1 unspecified atom stereocenters. The number of rotatable bonds is 5. The van der Waals surface area contributed by atoms with E-state index >= 15 is 0 Å². The summed E-state index contributed by atoms with van der Waals surface area (Å²) >= 11 is 0. The van der Waals surface area contributed by atoms with Crippen LogP contribution in [0, 0.1) is 0 Å². The van der Waals surface area contributed by atoms with E-state index in [1.807, 2.05) is 18.2 Å². The largest absolute Gasteiger partial charge is 0.378 e. The zero-order chi connectivity index (χ0) is 12.0. The fourth-order valence-electron chi connectivity index (χ4n) is 1.49. The van der Waals surface area contributed by atoms with E-state index in [-0.39, 0.29) is 5.91 Å². The highest BCUT2D eigenvalue weighted by Gasteiger charge is 2.20. The summed E-state index contributed by atoms with van der Waals surface area (Å²) in [4.78, 5) is 13.4. The molecule has 0 spiro atoms. The molecule has 0 aliphatic carbocycles.